The average Bonchev–Trinajstić information content (AvgIpc) is 2.53. The van der Waals surface area contributed by atoms with Gasteiger partial charge in [-0.2, -0.15) is 5.26 Å². The van der Waals surface area contributed by atoms with Crippen molar-refractivity contribution in [1.82, 2.24) is 15.2 Å². The molecule has 0 fully saturated rings. The minimum Gasteiger partial charge on any atom is -0.268 e. The molecule has 9 heteroatoms. The first-order valence-electron chi connectivity index (χ1n) is 4.08. The number of nitrogens with two attached hydrogens (primary N) is 1. The van der Waals surface area contributed by atoms with Gasteiger partial charge in [0, 0.05) is 0 Å². The van der Waals surface area contributed by atoms with Gasteiger partial charge in [0.1, 0.15) is 6.54 Å². The molecule has 15 heavy (non-hydrogen) atoms. The molecule has 0 aliphatic carbocycles. The number of rotatable bonds is 3. The van der Waals surface area contributed by atoms with E-state index in [2.05, 4.69) is 12.0 Å². The molecule has 9 nitrogen and oxygen atoms in total. The van der Waals surface area contributed by atoms with E-state index in [-0.39, 0.29) is 0 Å². The van der Waals surface area contributed by atoms with Crippen LogP contribution in [0.1, 0.15) is 13.3 Å². The third-order valence-corrected chi connectivity index (χ3v) is 1.19. The number of hydrogen-bond donors (Lipinski definition) is 2. The fourth-order valence-corrected chi connectivity index (χ4v) is 0.725. The summed E-state index contributed by atoms with van der Waals surface area (Å²) in [6.07, 6.45) is 5.54. The van der Waals surface area contributed by atoms with Crippen molar-refractivity contribution in [1.29, 1.82) is 5.26 Å². The van der Waals surface area contributed by atoms with Crippen LogP contribution in [0.4, 0.5) is 0 Å². The molecular weight excluding hydrogens is 202 g/mol. The van der Waals surface area contributed by atoms with Crippen molar-refractivity contribution in [3.8, 4) is 6.19 Å². The first kappa shape index (κ1) is 12.6. The van der Waals surface area contributed by atoms with Crippen LogP contribution < -0.4 is 16.0 Å². The highest BCUT2D eigenvalue weighted by Gasteiger charge is 1.97. The molecular formula is C6H12N7O2+. The van der Waals surface area contributed by atoms with Gasteiger partial charge in [-0.05, 0) is 16.9 Å². The Bertz CT molecular complexity index is 341. The van der Waals surface area contributed by atoms with E-state index in [1.165, 1.54) is 10.1 Å². The Morgan fingerprint density at radius 1 is 1.87 bits per heavy atom. The van der Waals surface area contributed by atoms with Crippen molar-refractivity contribution in [3.63, 3.8) is 0 Å². The Kier molecular flexibility index (Phi) is 5.96. The van der Waals surface area contributed by atoms with Crippen LogP contribution >= 0.6 is 0 Å². The van der Waals surface area contributed by atoms with Crippen LogP contribution in [-0.4, -0.2) is 14.8 Å². The molecule has 0 atom stereocenters. The maximum Gasteiger partial charge on any atom is 0.289 e. The highest BCUT2D eigenvalue weighted by Crippen LogP contribution is 1.72. The van der Waals surface area contributed by atoms with Gasteiger partial charge < -0.3 is 0 Å². The Morgan fingerprint density at radius 2 is 2.53 bits per heavy atom. The summed E-state index contributed by atoms with van der Waals surface area (Å²) in [6.45, 7) is 3.03. The zero-order chi connectivity index (χ0) is 11.7. The number of aromatic nitrogens is 3. The molecule has 1 aromatic rings. The molecule has 0 aliphatic rings. The van der Waals surface area contributed by atoms with Crippen molar-refractivity contribution in [2.75, 3.05) is 5.84 Å². The van der Waals surface area contributed by atoms with E-state index < -0.39 is 5.03 Å². The Balaban J connectivity index is 0.000000288. The first-order chi connectivity index (χ1) is 7.10. The maximum absolute atomic E-state index is 9.07. The molecule has 0 unspecified atom stereocenters. The summed E-state index contributed by atoms with van der Waals surface area (Å²) >= 11 is 0. The highest BCUT2D eigenvalue weighted by atomic mass is 16.7. The van der Waals surface area contributed by atoms with Crippen molar-refractivity contribution < 1.29 is 9.71 Å². The summed E-state index contributed by atoms with van der Waals surface area (Å²) in [4.78, 5) is 9.07. The Labute approximate surface area is 85.8 Å². The lowest BCUT2D eigenvalue weighted by atomic mass is 10.5. The van der Waals surface area contributed by atoms with E-state index in [1.54, 1.807) is 17.3 Å². The predicted molar refractivity (Wildman–Crippen MR) is 48.6 cm³/mol. The SMILES string of the molecule is CCC[n+]1cn(N)cn1.N#CN[N+](=O)[O-]. The van der Waals surface area contributed by atoms with E-state index in [1.807, 2.05) is 0 Å². The quantitative estimate of drug-likeness (QED) is 0.158. The molecule has 0 spiro atoms. The first-order valence-corrected chi connectivity index (χ1v) is 4.08. The van der Waals surface area contributed by atoms with Crippen LogP contribution in [0.3, 0.4) is 0 Å². The number of nitriles is 1. The molecule has 1 aromatic heterocycles. The summed E-state index contributed by atoms with van der Waals surface area (Å²) in [5.41, 5.74) is 1.24. The number of aryl methyl sites for hydroxylation is 1. The molecule has 1 heterocycles. The lowest BCUT2D eigenvalue weighted by Gasteiger charge is -1.83. The number of nitrogens with one attached hydrogen (secondary N) is 1. The molecule has 0 radical (unpaired) electrons. The molecule has 82 valence electrons. The molecule has 0 aliphatic heterocycles. The van der Waals surface area contributed by atoms with Crippen molar-refractivity contribution in [3.05, 3.63) is 22.8 Å². The normalized spacial score (nSPS) is 8.27. The van der Waals surface area contributed by atoms with Gasteiger partial charge in [0.05, 0.1) is 0 Å². The van der Waals surface area contributed by atoms with Gasteiger partial charge in [-0.15, -0.1) is 9.36 Å². The summed E-state index contributed by atoms with van der Waals surface area (Å²) in [5, 5.41) is 19.5. The monoisotopic (exact) mass is 214 g/mol. The summed E-state index contributed by atoms with van der Waals surface area (Å²) in [6, 6.07) is 0. The summed E-state index contributed by atoms with van der Waals surface area (Å²) in [7, 11) is 0. The molecule has 0 amide bonds. The number of nitrogen functional groups attached to an aromatic ring is 1. The van der Waals surface area contributed by atoms with Crippen LogP contribution in [0.5, 0.6) is 0 Å². The minimum atomic E-state index is -0.931. The van der Waals surface area contributed by atoms with Gasteiger partial charge in [-0.3, -0.25) is 5.84 Å². The van der Waals surface area contributed by atoms with Gasteiger partial charge in [-0.1, -0.05) is 6.92 Å². The fourth-order valence-electron chi connectivity index (χ4n) is 0.725. The standard InChI is InChI=1S/C5H11N4.CHN3O2/c1-2-3-9-5-8(6)4-7-9;2-1-3-4(5)6/h4-5H,2-3,6H2,1H3;3H/q+1;. The van der Waals surface area contributed by atoms with E-state index in [4.69, 9.17) is 21.2 Å². The van der Waals surface area contributed by atoms with Crippen LogP contribution in [0.25, 0.3) is 0 Å². The zero-order valence-electron chi connectivity index (χ0n) is 8.20. The van der Waals surface area contributed by atoms with Gasteiger partial charge >= 0.3 is 0 Å². The Hall–Kier alpha value is -2.37. The van der Waals surface area contributed by atoms with Crippen molar-refractivity contribution in [2.24, 2.45) is 0 Å². The molecule has 0 aromatic carbocycles. The number of nitro groups is 1. The van der Waals surface area contributed by atoms with Crippen LogP contribution in [0.15, 0.2) is 12.7 Å². The second kappa shape index (κ2) is 7.07. The molecule has 0 bridgehead atoms. The number of nitrogens with zero attached hydrogens (tertiary/aromatic N) is 5. The van der Waals surface area contributed by atoms with Gasteiger partial charge in [-0.25, -0.2) is 10.1 Å². The highest BCUT2D eigenvalue weighted by molar-refractivity contribution is 4.51. The molecule has 1 rings (SSSR count). The van der Waals surface area contributed by atoms with Gasteiger partial charge in [0.25, 0.3) is 6.33 Å². The second-order valence-corrected chi connectivity index (χ2v) is 2.44. The van der Waals surface area contributed by atoms with Crippen LogP contribution in [0, 0.1) is 21.6 Å². The van der Waals surface area contributed by atoms with Crippen LogP contribution in [0.2, 0.25) is 0 Å². The largest absolute Gasteiger partial charge is 0.289 e. The van der Waals surface area contributed by atoms with E-state index in [9.17, 15) is 0 Å². The summed E-state index contributed by atoms with van der Waals surface area (Å²) < 4.78 is 3.25. The summed E-state index contributed by atoms with van der Waals surface area (Å²) in [5.74, 6) is 5.34. The van der Waals surface area contributed by atoms with E-state index in [0.29, 0.717) is 0 Å². The smallest absolute Gasteiger partial charge is 0.268 e. The molecule has 3 N–H and O–H groups in total. The lowest BCUT2D eigenvalue weighted by Crippen LogP contribution is -2.34. The van der Waals surface area contributed by atoms with E-state index in [0.717, 1.165) is 19.2 Å². The van der Waals surface area contributed by atoms with Gasteiger partial charge in [0.2, 0.25) is 12.5 Å². The zero-order valence-corrected chi connectivity index (χ0v) is 8.20. The van der Waals surface area contributed by atoms with Crippen molar-refractivity contribution in [2.45, 2.75) is 19.9 Å². The lowest BCUT2D eigenvalue weighted by molar-refractivity contribution is -0.751. The minimum absolute atomic E-state index is 0.931. The Morgan fingerprint density at radius 3 is 2.80 bits per heavy atom. The molecule has 0 saturated carbocycles. The van der Waals surface area contributed by atoms with Gasteiger partial charge in [0.15, 0.2) is 5.03 Å². The third kappa shape index (κ3) is 6.76. The maximum atomic E-state index is 9.07. The average molecular weight is 214 g/mol. The predicted octanol–water partition coefficient (Wildman–Crippen LogP) is -1.46. The molecule has 0 saturated heterocycles. The van der Waals surface area contributed by atoms with Crippen molar-refractivity contribution >= 4 is 0 Å². The third-order valence-electron chi connectivity index (χ3n) is 1.19. The topological polar surface area (TPSA) is 127 Å². The van der Waals surface area contributed by atoms with Crippen LogP contribution in [-0.2, 0) is 6.54 Å². The number of hydrogen-bond acceptors (Lipinski definition) is 5. The fraction of sp³-hybridized carbons (Fsp3) is 0.500. The second-order valence-electron chi connectivity index (χ2n) is 2.44. The van der Waals surface area contributed by atoms with E-state index >= 15 is 0 Å². The number of hydrazine groups is 1.